The van der Waals surface area contributed by atoms with Gasteiger partial charge in [0, 0.05) is 19.5 Å². The fourth-order valence-electron chi connectivity index (χ4n) is 3.70. The summed E-state index contributed by atoms with van der Waals surface area (Å²) in [6.07, 6.45) is 13.2. The van der Waals surface area contributed by atoms with Crippen LogP contribution in [0.25, 0.3) is 19.5 Å². The summed E-state index contributed by atoms with van der Waals surface area (Å²) in [6, 6.07) is 9.02. The molecule has 146 valence electrons. The molecule has 0 radical (unpaired) electrons. The van der Waals surface area contributed by atoms with E-state index in [2.05, 4.69) is 48.9 Å². The van der Waals surface area contributed by atoms with Gasteiger partial charge in [-0.05, 0) is 59.7 Å². The molecule has 0 bridgehead atoms. The van der Waals surface area contributed by atoms with Gasteiger partial charge in [0.25, 0.3) is 0 Å². The van der Waals surface area contributed by atoms with Crippen molar-refractivity contribution in [3.8, 4) is 19.5 Å². The van der Waals surface area contributed by atoms with E-state index in [1.807, 2.05) is 34.0 Å². The van der Waals surface area contributed by atoms with Gasteiger partial charge in [0.15, 0.2) is 0 Å². The Morgan fingerprint density at radius 2 is 1.11 bits per heavy atom. The monoisotopic (exact) mass is 416 g/mol. The Kier molecular flexibility index (Phi) is 8.63. The van der Waals surface area contributed by atoms with Crippen LogP contribution in [0.5, 0.6) is 0 Å². The minimum atomic E-state index is 1.25. The molecular weight excluding hydrogens is 384 g/mol. The Labute approximate surface area is 177 Å². The van der Waals surface area contributed by atoms with Gasteiger partial charge in [0.1, 0.15) is 0 Å². The Morgan fingerprint density at radius 3 is 1.48 bits per heavy atom. The number of rotatable bonds is 12. The van der Waals surface area contributed by atoms with E-state index in [1.165, 1.54) is 74.0 Å². The first-order chi connectivity index (χ1) is 13.3. The Morgan fingerprint density at radius 1 is 0.630 bits per heavy atom. The molecule has 0 nitrogen and oxygen atoms in total. The molecule has 3 heterocycles. The lowest BCUT2D eigenvalue weighted by Crippen LogP contribution is -1.95. The number of hydrogen-bond acceptors (Lipinski definition) is 3. The van der Waals surface area contributed by atoms with Crippen LogP contribution in [0, 0.1) is 0 Å². The molecule has 0 unspecified atom stereocenters. The molecular formula is C24H32S3. The second-order valence-electron chi connectivity index (χ2n) is 7.29. The van der Waals surface area contributed by atoms with E-state index in [1.54, 1.807) is 20.9 Å². The van der Waals surface area contributed by atoms with Crippen molar-refractivity contribution in [3.63, 3.8) is 0 Å². The van der Waals surface area contributed by atoms with Crippen LogP contribution < -0.4 is 0 Å². The maximum atomic E-state index is 2.31. The van der Waals surface area contributed by atoms with E-state index in [9.17, 15) is 0 Å². The van der Waals surface area contributed by atoms with Crippen molar-refractivity contribution in [3.05, 3.63) is 46.2 Å². The van der Waals surface area contributed by atoms with Crippen LogP contribution in [0.15, 0.2) is 35.0 Å². The fourth-order valence-corrected chi connectivity index (χ4v) is 6.86. The zero-order valence-electron chi connectivity index (χ0n) is 16.8. The predicted molar refractivity (Wildman–Crippen MR) is 127 cm³/mol. The van der Waals surface area contributed by atoms with E-state index >= 15 is 0 Å². The van der Waals surface area contributed by atoms with Gasteiger partial charge in [-0.15, -0.1) is 34.0 Å². The molecule has 0 fully saturated rings. The van der Waals surface area contributed by atoms with Crippen molar-refractivity contribution in [1.29, 1.82) is 0 Å². The average Bonchev–Trinajstić information content (AvgIpc) is 3.43. The second kappa shape index (κ2) is 11.2. The van der Waals surface area contributed by atoms with Crippen molar-refractivity contribution in [2.45, 2.75) is 78.1 Å². The topological polar surface area (TPSA) is 0 Å². The van der Waals surface area contributed by atoms with Crippen LogP contribution in [0.3, 0.4) is 0 Å². The second-order valence-corrected chi connectivity index (χ2v) is 10.2. The minimum absolute atomic E-state index is 1.25. The maximum absolute atomic E-state index is 2.31. The lowest BCUT2D eigenvalue weighted by Gasteiger charge is -2.09. The first-order valence-corrected chi connectivity index (χ1v) is 13.1. The first-order valence-electron chi connectivity index (χ1n) is 10.6. The van der Waals surface area contributed by atoms with E-state index in [4.69, 9.17) is 0 Å². The van der Waals surface area contributed by atoms with Gasteiger partial charge < -0.3 is 0 Å². The molecule has 0 aliphatic rings. The fraction of sp³-hybridized carbons (Fsp3) is 0.500. The summed E-state index contributed by atoms with van der Waals surface area (Å²) in [5.74, 6) is 0. The molecule has 3 aromatic heterocycles. The van der Waals surface area contributed by atoms with Crippen molar-refractivity contribution >= 4 is 34.0 Å². The molecule has 0 saturated heterocycles. The van der Waals surface area contributed by atoms with Crippen molar-refractivity contribution in [1.82, 2.24) is 0 Å². The summed E-state index contributed by atoms with van der Waals surface area (Å²) in [6.45, 7) is 4.60. The number of unbranched alkanes of at least 4 members (excludes halogenated alkanes) is 6. The molecule has 0 aliphatic heterocycles. The quantitative estimate of drug-likeness (QED) is 0.258. The van der Waals surface area contributed by atoms with Crippen LogP contribution in [-0.4, -0.2) is 0 Å². The highest BCUT2D eigenvalue weighted by atomic mass is 32.1. The molecule has 0 saturated carbocycles. The van der Waals surface area contributed by atoms with Gasteiger partial charge in [0.2, 0.25) is 0 Å². The van der Waals surface area contributed by atoms with Crippen LogP contribution in [0.2, 0.25) is 0 Å². The summed E-state index contributed by atoms with van der Waals surface area (Å²) in [7, 11) is 0. The summed E-state index contributed by atoms with van der Waals surface area (Å²) < 4.78 is 0. The summed E-state index contributed by atoms with van der Waals surface area (Å²) in [5.41, 5.74) is 3.33. The SMILES string of the molecule is CCCCCCc1c(-c2cccs2)sc(-c2cccs2)c1CCCCCC. The lowest BCUT2D eigenvalue weighted by atomic mass is 9.96. The molecule has 0 atom stereocenters. The predicted octanol–water partition coefficient (Wildman–Crippen LogP) is 9.45. The average molecular weight is 417 g/mol. The van der Waals surface area contributed by atoms with Crippen LogP contribution in [0.4, 0.5) is 0 Å². The molecule has 3 heteroatoms. The highest BCUT2D eigenvalue weighted by Gasteiger charge is 2.20. The van der Waals surface area contributed by atoms with E-state index in [-0.39, 0.29) is 0 Å². The van der Waals surface area contributed by atoms with E-state index in [0.29, 0.717) is 0 Å². The Hall–Kier alpha value is -0.900. The molecule has 0 spiro atoms. The van der Waals surface area contributed by atoms with Gasteiger partial charge in [-0.3, -0.25) is 0 Å². The Balaban J connectivity index is 1.94. The van der Waals surface area contributed by atoms with Crippen molar-refractivity contribution < 1.29 is 0 Å². The molecule has 27 heavy (non-hydrogen) atoms. The molecule has 0 N–H and O–H groups in total. The largest absolute Gasteiger partial charge is 0.143 e. The summed E-state index contributed by atoms with van der Waals surface area (Å²) in [5, 5.41) is 4.45. The van der Waals surface area contributed by atoms with Gasteiger partial charge in [0.05, 0.1) is 0 Å². The van der Waals surface area contributed by atoms with E-state index < -0.39 is 0 Å². The smallest absolute Gasteiger partial charge is 0.0484 e. The van der Waals surface area contributed by atoms with Crippen molar-refractivity contribution in [2.24, 2.45) is 0 Å². The standard InChI is InChI=1S/C24H32S3/c1-3-5-7-9-13-19-20(14-10-8-6-4-2)24(22-16-12-18-26-22)27-23(19)21-15-11-17-25-21/h11-12,15-18H,3-10,13-14H2,1-2H3. The summed E-state index contributed by atoms with van der Waals surface area (Å²) >= 11 is 5.85. The van der Waals surface area contributed by atoms with Gasteiger partial charge >= 0.3 is 0 Å². The van der Waals surface area contributed by atoms with E-state index in [0.717, 1.165) is 0 Å². The molecule has 3 aromatic rings. The van der Waals surface area contributed by atoms with Crippen LogP contribution >= 0.6 is 34.0 Å². The molecule has 0 aliphatic carbocycles. The normalized spacial score (nSPS) is 11.3. The molecule has 3 rings (SSSR count). The lowest BCUT2D eigenvalue weighted by molar-refractivity contribution is 0.653. The third kappa shape index (κ3) is 5.56. The van der Waals surface area contributed by atoms with Gasteiger partial charge in [-0.1, -0.05) is 64.5 Å². The van der Waals surface area contributed by atoms with Gasteiger partial charge in [-0.25, -0.2) is 0 Å². The zero-order chi connectivity index (χ0) is 18.9. The van der Waals surface area contributed by atoms with Crippen LogP contribution in [-0.2, 0) is 12.8 Å². The van der Waals surface area contributed by atoms with Crippen molar-refractivity contribution in [2.75, 3.05) is 0 Å². The van der Waals surface area contributed by atoms with Gasteiger partial charge in [-0.2, -0.15) is 0 Å². The number of thiophene rings is 3. The maximum Gasteiger partial charge on any atom is 0.0484 e. The molecule has 0 amide bonds. The first kappa shape index (κ1) is 20.8. The highest BCUT2D eigenvalue weighted by Crippen LogP contribution is 2.46. The highest BCUT2D eigenvalue weighted by molar-refractivity contribution is 7.26. The number of hydrogen-bond donors (Lipinski definition) is 0. The van der Waals surface area contributed by atoms with Crippen LogP contribution in [0.1, 0.15) is 76.3 Å². The molecule has 0 aromatic carbocycles. The summed E-state index contributed by atoms with van der Waals surface area (Å²) in [4.78, 5) is 6.02. The zero-order valence-corrected chi connectivity index (χ0v) is 19.2. The third-order valence-corrected chi connectivity index (χ3v) is 8.54. The third-order valence-electron chi connectivity index (χ3n) is 5.17. The Bertz CT molecular complexity index is 698. The minimum Gasteiger partial charge on any atom is -0.143 e.